The minimum Gasteiger partial charge on any atom is -0.392 e. The Labute approximate surface area is 127 Å². The fraction of sp³-hybridized carbons (Fsp3) is 0.467. The van der Waals surface area contributed by atoms with Crippen molar-refractivity contribution >= 4 is 11.8 Å². The van der Waals surface area contributed by atoms with E-state index in [4.69, 9.17) is 9.26 Å². The molecule has 3 rings (SSSR count). The van der Waals surface area contributed by atoms with Crippen LogP contribution in [0.1, 0.15) is 29.6 Å². The summed E-state index contributed by atoms with van der Waals surface area (Å²) in [6, 6.07) is 8.33. The molecule has 2 unspecified atom stereocenters. The summed E-state index contributed by atoms with van der Waals surface area (Å²) >= 11 is 1.66. The second kappa shape index (κ2) is 6.60. The van der Waals surface area contributed by atoms with Crippen LogP contribution in [0.4, 0.5) is 0 Å². The van der Waals surface area contributed by atoms with Gasteiger partial charge in [-0.3, -0.25) is 0 Å². The molecule has 2 atom stereocenters. The predicted molar refractivity (Wildman–Crippen MR) is 79.2 cm³/mol. The van der Waals surface area contributed by atoms with E-state index in [1.165, 1.54) is 10.5 Å². The first kappa shape index (κ1) is 14.6. The number of thioether (sulfide) groups is 1. The van der Waals surface area contributed by atoms with Crippen molar-refractivity contribution in [2.75, 3.05) is 13.2 Å². The molecule has 2 heterocycles. The average Bonchev–Trinajstić information content (AvgIpc) is 2.96. The monoisotopic (exact) mass is 306 g/mol. The molecule has 1 saturated heterocycles. The van der Waals surface area contributed by atoms with Crippen LogP contribution >= 0.6 is 11.8 Å². The first-order valence-electron chi connectivity index (χ1n) is 7.00. The molecule has 1 aromatic heterocycles. The van der Waals surface area contributed by atoms with Gasteiger partial charge in [0, 0.05) is 11.5 Å². The molecular formula is C15H18N2O3S. The maximum atomic E-state index is 9.95. The van der Waals surface area contributed by atoms with E-state index in [-0.39, 0.29) is 5.92 Å². The second-order valence-electron chi connectivity index (χ2n) is 5.19. The molecule has 21 heavy (non-hydrogen) atoms. The summed E-state index contributed by atoms with van der Waals surface area (Å²) in [5.74, 6) is 1.57. The van der Waals surface area contributed by atoms with Gasteiger partial charge in [0.05, 0.1) is 24.4 Å². The van der Waals surface area contributed by atoms with E-state index < -0.39 is 6.10 Å². The molecule has 1 aliphatic rings. The van der Waals surface area contributed by atoms with Crippen LogP contribution in [0.2, 0.25) is 0 Å². The fourth-order valence-electron chi connectivity index (χ4n) is 2.22. The third kappa shape index (κ3) is 3.64. The minimum atomic E-state index is -0.461. The van der Waals surface area contributed by atoms with E-state index in [0.29, 0.717) is 37.1 Å². The Morgan fingerprint density at radius 3 is 2.90 bits per heavy atom. The van der Waals surface area contributed by atoms with Gasteiger partial charge in [-0.1, -0.05) is 22.9 Å². The Hall–Kier alpha value is -1.37. The van der Waals surface area contributed by atoms with Crippen molar-refractivity contribution in [3.05, 3.63) is 41.5 Å². The summed E-state index contributed by atoms with van der Waals surface area (Å²) in [4.78, 5) is 5.55. The van der Waals surface area contributed by atoms with Crippen molar-refractivity contribution < 1.29 is 14.4 Å². The van der Waals surface area contributed by atoms with Crippen molar-refractivity contribution in [1.29, 1.82) is 0 Å². The number of aromatic nitrogens is 2. The van der Waals surface area contributed by atoms with Crippen molar-refractivity contribution in [1.82, 2.24) is 10.1 Å². The smallest absolute Gasteiger partial charge is 0.234 e. The van der Waals surface area contributed by atoms with Crippen LogP contribution in [0.25, 0.3) is 0 Å². The van der Waals surface area contributed by atoms with Crippen LogP contribution in [0.3, 0.4) is 0 Å². The number of hydrogen-bond acceptors (Lipinski definition) is 6. The van der Waals surface area contributed by atoms with E-state index in [2.05, 4.69) is 41.3 Å². The quantitative estimate of drug-likeness (QED) is 0.876. The van der Waals surface area contributed by atoms with Gasteiger partial charge in [-0.15, -0.1) is 11.8 Å². The number of hydrogen-bond donors (Lipinski definition) is 1. The van der Waals surface area contributed by atoms with Crippen molar-refractivity contribution in [3.8, 4) is 0 Å². The normalized spacial score (nSPS) is 22.4. The topological polar surface area (TPSA) is 68.4 Å². The Balaban J connectivity index is 1.61. The summed E-state index contributed by atoms with van der Waals surface area (Å²) in [6.07, 6.45) is 0.150. The maximum absolute atomic E-state index is 9.95. The first-order chi connectivity index (χ1) is 10.2. The maximum Gasteiger partial charge on any atom is 0.234 e. The van der Waals surface area contributed by atoms with E-state index >= 15 is 0 Å². The highest BCUT2D eigenvalue weighted by Crippen LogP contribution is 2.26. The van der Waals surface area contributed by atoms with Gasteiger partial charge in [-0.25, -0.2) is 0 Å². The molecular weight excluding hydrogens is 288 g/mol. The lowest BCUT2D eigenvalue weighted by Gasteiger charge is -2.24. The molecule has 1 aromatic carbocycles. The van der Waals surface area contributed by atoms with Crippen LogP contribution in [0, 0.1) is 6.92 Å². The van der Waals surface area contributed by atoms with Gasteiger partial charge in [-0.05, 0) is 25.5 Å². The van der Waals surface area contributed by atoms with Gasteiger partial charge in [0.2, 0.25) is 5.89 Å². The van der Waals surface area contributed by atoms with E-state index in [9.17, 15) is 5.11 Å². The molecule has 6 heteroatoms. The number of aliphatic hydroxyl groups excluding tert-OH is 1. The molecule has 0 bridgehead atoms. The summed E-state index contributed by atoms with van der Waals surface area (Å²) in [5, 5.41) is 13.9. The highest BCUT2D eigenvalue weighted by molar-refractivity contribution is 7.98. The zero-order valence-corrected chi connectivity index (χ0v) is 12.7. The summed E-state index contributed by atoms with van der Waals surface area (Å²) in [5.41, 5.74) is 1.24. The molecule has 112 valence electrons. The van der Waals surface area contributed by atoms with Crippen LogP contribution in [-0.4, -0.2) is 34.6 Å². The number of benzene rings is 1. The van der Waals surface area contributed by atoms with Gasteiger partial charge < -0.3 is 14.4 Å². The van der Waals surface area contributed by atoms with Crippen molar-refractivity contribution in [2.24, 2.45) is 0 Å². The van der Waals surface area contributed by atoms with Crippen molar-refractivity contribution in [2.45, 2.75) is 36.0 Å². The van der Waals surface area contributed by atoms with Crippen LogP contribution in [0.5, 0.6) is 0 Å². The summed E-state index contributed by atoms with van der Waals surface area (Å²) in [6.45, 7) is 3.09. The van der Waals surface area contributed by atoms with Gasteiger partial charge >= 0.3 is 0 Å². The molecule has 0 radical (unpaired) electrons. The molecule has 0 saturated carbocycles. The van der Waals surface area contributed by atoms with Crippen LogP contribution in [0.15, 0.2) is 33.7 Å². The largest absolute Gasteiger partial charge is 0.392 e. The van der Waals surface area contributed by atoms with Crippen LogP contribution < -0.4 is 0 Å². The molecule has 0 aliphatic carbocycles. The Bertz CT molecular complexity index is 585. The molecule has 0 amide bonds. The fourth-order valence-corrected chi connectivity index (χ4v) is 2.96. The standard InChI is InChI=1S/C15H18N2O3S/c1-10-2-4-11(5-3-10)21-9-14-16-15(20-17-14)12-8-19-7-6-13(12)18/h2-5,12-13,18H,6-9H2,1H3. The van der Waals surface area contributed by atoms with E-state index in [1.807, 2.05) is 0 Å². The number of ether oxygens (including phenoxy) is 1. The highest BCUT2D eigenvalue weighted by Gasteiger charge is 2.30. The minimum absolute atomic E-state index is 0.204. The van der Waals surface area contributed by atoms with Gasteiger partial charge in [-0.2, -0.15) is 4.98 Å². The Morgan fingerprint density at radius 2 is 2.14 bits per heavy atom. The second-order valence-corrected chi connectivity index (χ2v) is 6.24. The highest BCUT2D eigenvalue weighted by atomic mass is 32.2. The third-order valence-electron chi connectivity index (χ3n) is 3.51. The van der Waals surface area contributed by atoms with Crippen LogP contribution in [-0.2, 0) is 10.5 Å². The molecule has 1 aliphatic heterocycles. The SMILES string of the molecule is Cc1ccc(SCc2noc(C3COCCC3O)n2)cc1. The van der Waals surface area contributed by atoms with Gasteiger partial charge in [0.15, 0.2) is 5.82 Å². The Kier molecular flexibility index (Phi) is 4.57. The van der Waals surface area contributed by atoms with E-state index in [0.717, 1.165) is 0 Å². The first-order valence-corrected chi connectivity index (χ1v) is 7.98. The van der Waals surface area contributed by atoms with Gasteiger partial charge in [0.25, 0.3) is 0 Å². The molecule has 2 aromatic rings. The molecule has 5 nitrogen and oxygen atoms in total. The average molecular weight is 306 g/mol. The number of aliphatic hydroxyl groups is 1. The molecule has 0 spiro atoms. The lowest BCUT2D eigenvalue weighted by molar-refractivity contribution is -0.0149. The Morgan fingerprint density at radius 1 is 1.33 bits per heavy atom. The predicted octanol–water partition coefficient (Wildman–Crippen LogP) is 2.54. The summed E-state index contributed by atoms with van der Waals surface area (Å²) in [7, 11) is 0. The molecule has 1 N–H and O–H groups in total. The van der Waals surface area contributed by atoms with Gasteiger partial charge in [0.1, 0.15) is 0 Å². The van der Waals surface area contributed by atoms with E-state index in [1.54, 1.807) is 11.8 Å². The van der Waals surface area contributed by atoms with Crippen molar-refractivity contribution in [3.63, 3.8) is 0 Å². The summed E-state index contributed by atoms with van der Waals surface area (Å²) < 4.78 is 10.6. The zero-order chi connectivity index (χ0) is 14.7. The number of rotatable bonds is 4. The lowest BCUT2D eigenvalue weighted by Crippen LogP contribution is -2.30. The molecule has 1 fully saturated rings. The zero-order valence-electron chi connectivity index (χ0n) is 11.9. The lowest BCUT2D eigenvalue weighted by atomic mass is 9.99. The third-order valence-corrected chi connectivity index (χ3v) is 4.52. The number of nitrogens with zero attached hydrogens (tertiary/aromatic N) is 2. The number of aryl methyl sites for hydroxylation is 1.